The molecular formula is C19H34O5. The second-order valence-electron chi connectivity index (χ2n) is 6.66. The van der Waals surface area contributed by atoms with Crippen LogP contribution < -0.4 is 0 Å². The molecule has 2 atom stereocenters. The Balaban J connectivity index is 6.20. The van der Waals surface area contributed by atoms with Gasteiger partial charge in [0.2, 0.25) is 0 Å². The molecule has 0 saturated heterocycles. The summed E-state index contributed by atoms with van der Waals surface area (Å²) >= 11 is 0. The van der Waals surface area contributed by atoms with E-state index in [0.29, 0.717) is 38.5 Å². The maximum atomic E-state index is 13.0. The van der Waals surface area contributed by atoms with Crippen molar-refractivity contribution in [2.75, 3.05) is 6.61 Å². The summed E-state index contributed by atoms with van der Waals surface area (Å²) in [4.78, 5) is 25.4. The van der Waals surface area contributed by atoms with Crippen molar-refractivity contribution in [2.24, 2.45) is 10.8 Å². The van der Waals surface area contributed by atoms with Crippen LogP contribution in [0.3, 0.4) is 0 Å². The van der Waals surface area contributed by atoms with E-state index in [4.69, 9.17) is 4.74 Å². The standard InChI is InChI=1S/C19H34O5/c1-6-10-18(11-7-2,16(21)22)19(12-8-3,13-9-4)17(23)24-14-15(5)20/h6,15,20H,1,7-14H2,2-5H3,(H,21,22). The molecule has 0 rings (SSSR count). The molecule has 5 heteroatoms. The molecule has 2 N–H and O–H groups in total. The van der Waals surface area contributed by atoms with E-state index in [0.717, 1.165) is 0 Å². The van der Waals surface area contributed by atoms with Gasteiger partial charge in [0, 0.05) is 0 Å². The lowest BCUT2D eigenvalue weighted by Gasteiger charge is -2.46. The molecule has 0 aliphatic heterocycles. The summed E-state index contributed by atoms with van der Waals surface area (Å²) in [5.74, 6) is -1.48. The fraction of sp³-hybridized carbons (Fsp3) is 0.789. The molecule has 0 saturated carbocycles. The number of aliphatic carboxylic acids is 1. The Kier molecular flexibility index (Phi) is 9.90. The zero-order valence-electron chi connectivity index (χ0n) is 15.6. The molecule has 0 aromatic heterocycles. The van der Waals surface area contributed by atoms with Crippen molar-refractivity contribution in [1.29, 1.82) is 0 Å². The molecule has 0 aromatic carbocycles. The maximum absolute atomic E-state index is 13.0. The molecule has 2 unspecified atom stereocenters. The summed E-state index contributed by atoms with van der Waals surface area (Å²) in [7, 11) is 0. The van der Waals surface area contributed by atoms with E-state index in [-0.39, 0.29) is 13.0 Å². The number of ether oxygens (including phenoxy) is 1. The summed E-state index contributed by atoms with van der Waals surface area (Å²) in [5, 5.41) is 19.5. The van der Waals surface area contributed by atoms with Crippen LogP contribution in [0.2, 0.25) is 0 Å². The molecule has 0 aliphatic carbocycles. The van der Waals surface area contributed by atoms with Gasteiger partial charge in [-0.05, 0) is 32.6 Å². The van der Waals surface area contributed by atoms with Crippen LogP contribution in [-0.2, 0) is 14.3 Å². The molecule has 0 aliphatic rings. The van der Waals surface area contributed by atoms with Gasteiger partial charge in [0.05, 0.1) is 16.9 Å². The van der Waals surface area contributed by atoms with Crippen LogP contribution in [0.1, 0.15) is 72.6 Å². The number of allylic oxidation sites excluding steroid dienone is 1. The summed E-state index contributed by atoms with van der Waals surface area (Å²) < 4.78 is 5.34. The summed E-state index contributed by atoms with van der Waals surface area (Å²) in [6.07, 6.45) is 4.32. The van der Waals surface area contributed by atoms with Gasteiger partial charge in [-0.2, -0.15) is 0 Å². The molecule has 0 fully saturated rings. The maximum Gasteiger partial charge on any atom is 0.313 e. The molecule has 0 amide bonds. The fourth-order valence-corrected chi connectivity index (χ4v) is 3.80. The first-order valence-corrected chi connectivity index (χ1v) is 8.97. The van der Waals surface area contributed by atoms with E-state index >= 15 is 0 Å². The van der Waals surface area contributed by atoms with E-state index < -0.39 is 28.9 Å². The zero-order valence-corrected chi connectivity index (χ0v) is 15.6. The van der Waals surface area contributed by atoms with Crippen molar-refractivity contribution in [3.05, 3.63) is 12.7 Å². The number of aliphatic hydroxyl groups is 1. The quantitative estimate of drug-likeness (QED) is 0.391. The molecule has 0 heterocycles. The predicted molar refractivity (Wildman–Crippen MR) is 94.7 cm³/mol. The van der Waals surface area contributed by atoms with Crippen molar-refractivity contribution in [1.82, 2.24) is 0 Å². The number of hydrogen-bond donors (Lipinski definition) is 2. The minimum atomic E-state index is -1.23. The lowest BCUT2D eigenvalue weighted by Crippen LogP contribution is -2.53. The van der Waals surface area contributed by atoms with Crippen LogP contribution in [-0.4, -0.2) is 34.9 Å². The largest absolute Gasteiger partial charge is 0.481 e. The first-order valence-electron chi connectivity index (χ1n) is 8.97. The average molecular weight is 342 g/mol. The van der Waals surface area contributed by atoms with Crippen LogP contribution in [0.25, 0.3) is 0 Å². The van der Waals surface area contributed by atoms with Gasteiger partial charge in [0.1, 0.15) is 6.61 Å². The monoisotopic (exact) mass is 342 g/mol. The summed E-state index contributed by atoms with van der Waals surface area (Å²) in [6, 6.07) is 0. The van der Waals surface area contributed by atoms with E-state index in [1.807, 2.05) is 20.8 Å². The van der Waals surface area contributed by atoms with Crippen LogP contribution >= 0.6 is 0 Å². The Morgan fingerprint density at radius 3 is 1.88 bits per heavy atom. The van der Waals surface area contributed by atoms with Crippen molar-refractivity contribution in [3.63, 3.8) is 0 Å². The number of esters is 1. The van der Waals surface area contributed by atoms with Crippen LogP contribution in [0, 0.1) is 10.8 Å². The predicted octanol–water partition coefficient (Wildman–Crippen LogP) is 3.94. The number of carboxylic acid groups (broad SMARTS) is 1. The Morgan fingerprint density at radius 2 is 1.54 bits per heavy atom. The highest BCUT2D eigenvalue weighted by molar-refractivity contribution is 5.88. The van der Waals surface area contributed by atoms with E-state index in [2.05, 4.69) is 6.58 Å². The summed E-state index contributed by atoms with van der Waals surface area (Å²) in [5.41, 5.74) is -2.34. The van der Waals surface area contributed by atoms with E-state index in [1.165, 1.54) is 6.92 Å². The second-order valence-corrected chi connectivity index (χ2v) is 6.66. The van der Waals surface area contributed by atoms with Crippen molar-refractivity contribution in [3.8, 4) is 0 Å². The number of carbonyl (C=O) groups excluding carboxylic acids is 1. The third-order valence-electron chi connectivity index (χ3n) is 4.69. The fourth-order valence-electron chi connectivity index (χ4n) is 3.80. The van der Waals surface area contributed by atoms with Gasteiger partial charge in [-0.3, -0.25) is 9.59 Å². The Hall–Kier alpha value is -1.36. The minimum absolute atomic E-state index is 0.121. The van der Waals surface area contributed by atoms with Gasteiger partial charge in [0.15, 0.2) is 0 Å². The van der Waals surface area contributed by atoms with Gasteiger partial charge < -0.3 is 14.9 Å². The molecule has 0 spiro atoms. The number of carboxylic acids is 1. The van der Waals surface area contributed by atoms with Gasteiger partial charge in [0.25, 0.3) is 0 Å². The first-order chi connectivity index (χ1) is 11.3. The second kappa shape index (κ2) is 10.5. The third-order valence-corrected chi connectivity index (χ3v) is 4.69. The average Bonchev–Trinajstić information content (AvgIpc) is 2.51. The smallest absolute Gasteiger partial charge is 0.313 e. The third kappa shape index (κ3) is 4.82. The Morgan fingerprint density at radius 1 is 1.08 bits per heavy atom. The first kappa shape index (κ1) is 22.6. The van der Waals surface area contributed by atoms with Gasteiger partial charge >= 0.3 is 11.9 Å². The van der Waals surface area contributed by atoms with Crippen LogP contribution in [0.15, 0.2) is 12.7 Å². The molecule has 0 radical (unpaired) electrons. The number of rotatable bonds is 13. The van der Waals surface area contributed by atoms with Crippen LogP contribution in [0.5, 0.6) is 0 Å². The van der Waals surface area contributed by atoms with Gasteiger partial charge in [-0.25, -0.2) is 0 Å². The molecule has 5 nitrogen and oxygen atoms in total. The number of hydrogen-bond acceptors (Lipinski definition) is 4. The highest BCUT2D eigenvalue weighted by Gasteiger charge is 2.59. The van der Waals surface area contributed by atoms with E-state index in [1.54, 1.807) is 6.08 Å². The Bertz CT molecular complexity index is 410. The molecule has 24 heavy (non-hydrogen) atoms. The minimum Gasteiger partial charge on any atom is -0.481 e. The molecule has 140 valence electrons. The number of aliphatic hydroxyl groups excluding tert-OH is 1. The van der Waals surface area contributed by atoms with Crippen molar-refractivity contribution in [2.45, 2.75) is 78.7 Å². The molecule has 0 aromatic rings. The van der Waals surface area contributed by atoms with Gasteiger partial charge in [-0.1, -0.05) is 46.1 Å². The van der Waals surface area contributed by atoms with E-state index in [9.17, 15) is 19.8 Å². The molecule has 0 bridgehead atoms. The Labute approximate surface area is 146 Å². The number of carbonyl (C=O) groups is 2. The SMILES string of the molecule is C=CCC(CCC)(C(=O)O)C(CCC)(CCC)C(=O)OCC(C)O. The zero-order chi connectivity index (χ0) is 18.8. The summed E-state index contributed by atoms with van der Waals surface area (Å²) in [6.45, 7) is 10.9. The lowest BCUT2D eigenvalue weighted by molar-refractivity contribution is -0.183. The highest BCUT2D eigenvalue weighted by atomic mass is 16.5. The highest BCUT2D eigenvalue weighted by Crippen LogP contribution is 2.53. The molecular weight excluding hydrogens is 308 g/mol. The van der Waals surface area contributed by atoms with Crippen molar-refractivity contribution < 1.29 is 24.5 Å². The lowest BCUT2D eigenvalue weighted by atomic mass is 9.55. The normalized spacial score (nSPS) is 15.4. The van der Waals surface area contributed by atoms with Crippen molar-refractivity contribution >= 4 is 11.9 Å². The van der Waals surface area contributed by atoms with Gasteiger partial charge in [-0.15, -0.1) is 6.58 Å². The van der Waals surface area contributed by atoms with Crippen LogP contribution in [0.4, 0.5) is 0 Å². The topological polar surface area (TPSA) is 83.8 Å².